The summed E-state index contributed by atoms with van der Waals surface area (Å²) in [7, 11) is 0. The van der Waals surface area contributed by atoms with Gasteiger partial charge >= 0.3 is 0 Å². The molecule has 0 bridgehead atoms. The third kappa shape index (κ3) is 2.48. The van der Waals surface area contributed by atoms with Crippen molar-refractivity contribution in [2.75, 3.05) is 0 Å². The van der Waals surface area contributed by atoms with Crippen molar-refractivity contribution in [1.29, 1.82) is 0 Å². The van der Waals surface area contributed by atoms with Gasteiger partial charge in [-0.2, -0.15) is 0 Å². The summed E-state index contributed by atoms with van der Waals surface area (Å²) in [6, 6.07) is 44.2. The minimum absolute atomic E-state index is 0.936. The average Bonchev–Trinajstić information content (AvgIpc) is 2.96. The molecule has 0 atom stereocenters. The van der Waals surface area contributed by atoms with Crippen LogP contribution in [0.2, 0.25) is 0 Å². The van der Waals surface area contributed by atoms with E-state index in [2.05, 4.69) is 121 Å². The van der Waals surface area contributed by atoms with E-state index in [-0.39, 0.29) is 0 Å². The Morgan fingerprint density at radius 3 is 1.95 bits per heavy atom. The lowest BCUT2D eigenvalue weighted by Gasteiger charge is -2.22. The van der Waals surface area contributed by atoms with Gasteiger partial charge in [0.25, 0.3) is 0 Å². The summed E-state index contributed by atoms with van der Waals surface area (Å²) in [6.45, 7) is 0. The molecule has 0 radical (unpaired) electrons. The van der Waals surface area contributed by atoms with E-state index in [0.717, 1.165) is 11.5 Å². The zero-order valence-corrected chi connectivity index (χ0v) is 20.0. The molecule has 0 N–H and O–H groups in total. The topological polar surface area (TPSA) is 9.23 Å². The fourth-order valence-corrected chi connectivity index (χ4v) is 6.59. The molecule has 8 aromatic rings. The molecular formula is C36H20O. The van der Waals surface area contributed by atoms with Crippen LogP contribution in [0.4, 0.5) is 0 Å². The molecule has 0 saturated carbocycles. The van der Waals surface area contributed by atoms with Gasteiger partial charge in [-0.1, -0.05) is 97.1 Å². The van der Waals surface area contributed by atoms with Crippen molar-refractivity contribution >= 4 is 64.6 Å². The van der Waals surface area contributed by atoms with E-state index in [0.29, 0.717) is 0 Å². The van der Waals surface area contributed by atoms with Crippen LogP contribution in [0.25, 0.3) is 75.8 Å². The van der Waals surface area contributed by atoms with E-state index < -0.39 is 0 Å². The molecule has 1 heterocycles. The molecule has 0 amide bonds. The molecule has 170 valence electrons. The van der Waals surface area contributed by atoms with E-state index in [1.54, 1.807) is 0 Å². The van der Waals surface area contributed by atoms with Crippen LogP contribution in [-0.4, -0.2) is 0 Å². The van der Waals surface area contributed by atoms with Gasteiger partial charge in [0, 0.05) is 16.2 Å². The predicted molar refractivity (Wildman–Crippen MR) is 157 cm³/mol. The van der Waals surface area contributed by atoms with Gasteiger partial charge in [0.2, 0.25) is 0 Å². The highest BCUT2D eigenvalue weighted by Crippen LogP contribution is 2.50. The molecule has 0 aliphatic carbocycles. The Bertz CT molecular complexity index is 2270. The maximum Gasteiger partial charge on any atom is 0.135 e. The minimum atomic E-state index is 0.936. The zero-order valence-electron chi connectivity index (χ0n) is 20.0. The molecule has 9 rings (SSSR count). The van der Waals surface area contributed by atoms with Crippen LogP contribution >= 0.6 is 0 Å². The largest absolute Gasteiger partial charge is 0.456 e. The normalized spacial score (nSPS) is 12.5. The average molecular weight is 469 g/mol. The first-order valence-corrected chi connectivity index (χ1v) is 12.8. The van der Waals surface area contributed by atoms with Gasteiger partial charge in [0.15, 0.2) is 0 Å². The lowest BCUT2D eigenvalue weighted by molar-refractivity contribution is 0.493. The Morgan fingerprint density at radius 1 is 0.351 bits per heavy atom. The number of ether oxygens (including phenoxy) is 1. The van der Waals surface area contributed by atoms with Gasteiger partial charge in [-0.05, 0) is 83.9 Å². The zero-order chi connectivity index (χ0) is 24.1. The van der Waals surface area contributed by atoms with E-state index in [9.17, 15) is 0 Å². The number of hydrogen-bond acceptors (Lipinski definition) is 1. The van der Waals surface area contributed by atoms with Gasteiger partial charge < -0.3 is 4.74 Å². The lowest BCUT2D eigenvalue weighted by Crippen LogP contribution is -1.96. The standard InChI is InChI=1S/C36H20O/c1-3-9-25-21(6-1)14-16-29-30(25)20-24-7-2-4-10-26(24)35(29)27-18-19-32-36-28(27)17-15-23-13-12-22-8-5-11-31(37-32)33(22)34(23)36/h1-20H. The molecule has 0 fully saturated rings. The molecule has 0 unspecified atom stereocenters. The monoisotopic (exact) mass is 468 g/mol. The number of rotatable bonds is 1. The van der Waals surface area contributed by atoms with E-state index in [4.69, 9.17) is 4.74 Å². The van der Waals surface area contributed by atoms with Crippen LogP contribution < -0.4 is 4.74 Å². The quantitative estimate of drug-likeness (QED) is 0.172. The number of benzene rings is 8. The van der Waals surface area contributed by atoms with E-state index >= 15 is 0 Å². The maximum absolute atomic E-state index is 6.51. The van der Waals surface area contributed by atoms with Crippen molar-refractivity contribution in [3.05, 3.63) is 121 Å². The Kier molecular flexibility index (Phi) is 3.59. The molecular weight excluding hydrogens is 448 g/mol. The Balaban J connectivity index is 1.51. The fraction of sp³-hybridized carbons (Fsp3) is 0. The molecule has 1 heteroatoms. The highest BCUT2D eigenvalue weighted by molar-refractivity contribution is 6.29. The second kappa shape index (κ2) is 6.87. The smallest absolute Gasteiger partial charge is 0.135 e. The van der Waals surface area contributed by atoms with E-state index in [1.807, 2.05) is 0 Å². The van der Waals surface area contributed by atoms with Crippen molar-refractivity contribution < 1.29 is 4.74 Å². The summed E-state index contributed by atoms with van der Waals surface area (Å²) >= 11 is 0. The van der Waals surface area contributed by atoms with Crippen LogP contribution in [0.3, 0.4) is 0 Å². The third-order valence-electron chi connectivity index (χ3n) is 8.19. The summed E-state index contributed by atoms with van der Waals surface area (Å²) in [5.41, 5.74) is 2.54. The van der Waals surface area contributed by atoms with Crippen LogP contribution in [0, 0.1) is 0 Å². The first-order chi connectivity index (χ1) is 18.3. The fourth-order valence-electron chi connectivity index (χ4n) is 6.59. The van der Waals surface area contributed by atoms with Gasteiger partial charge in [-0.25, -0.2) is 0 Å². The Morgan fingerprint density at radius 2 is 1.03 bits per heavy atom. The molecule has 1 aliphatic heterocycles. The van der Waals surface area contributed by atoms with Gasteiger partial charge in [0.1, 0.15) is 11.5 Å². The van der Waals surface area contributed by atoms with Crippen molar-refractivity contribution in [3.8, 4) is 22.6 Å². The third-order valence-corrected chi connectivity index (χ3v) is 8.19. The lowest BCUT2D eigenvalue weighted by atomic mass is 9.86. The molecule has 0 spiro atoms. The van der Waals surface area contributed by atoms with Crippen LogP contribution in [-0.2, 0) is 0 Å². The van der Waals surface area contributed by atoms with Gasteiger partial charge in [0.05, 0.1) is 0 Å². The first kappa shape index (κ1) is 19.3. The molecule has 1 nitrogen and oxygen atoms in total. The minimum Gasteiger partial charge on any atom is -0.456 e. The van der Waals surface area contributed by atoms with Crippen molar-refractivity contribution in [2.45, 2.75) is 0 Å². The maximum atomic E-state index is 6.51. The molecule has 37 heavy (non-hydrogen) atoms. The summed E-state index contributed by atoms with van der Waals surface area (Å²) < 4.78 is 6.51. The molecule has 0 aromatic heterocycles. The summed E-state index contributed by atoms with van der Waals surface area (Å²) in [4.78, 5) is 0. The number of fused-ring (bicyclic) bond motifs is 4. The summed E-state index contributed by atoms with van der Waals surface area (Å²) in [5.74, 6) is 1.88. The van der Waals surface area contributed by atoms with Gasteiger partial charge in [-0.15, -0.1) is 0 Å². The molecule has 0 saturated heterocycles. The molecule has 1 aliphatic rings. The van der Waals surface area contributed by atoms with Crippen LogP contribution in [0.5, 0.6) is 11.5 Å². The van der Waals surface area contributed by atoms with Gasteiger partial charge in [-0.3, -0.25) is 0 Å². The second-order valence-corrected chi connectivity index (χ2v) is 10.1. The van der Waals surface area contributed by atoms with Crippen LogP contribution in [0.15, 0.2) is 121 Å². The predicted octanol–water partition coefficient (Wildman–Crippen LogP) is 10.4. The molecule has 8 aromatic carbocycles. The summed E-state index contributed by atoms with van der Waals surface area (Å²) in [6.07, 6.45) is 0. The number of hydrogen-bond donors (Lipinski definition) is 0. The second-order valence-electron chi connectivity index (χ2n) is 10.1. The first-order valence-electron chi connectivity index (χ1n) is 12.8. The van der Waals surface area contributed by atoms with Crippen molar-refractivity contribution in [3.63, 3.8) is 0 Å². The Labute approximate surface area is 213 Å². The van der Waals surface area contributed by atoms with Crippen molar-refractivity contribution in [1.82, 2.24) is 0 Å². The highest BCUT2D eigenvalue weighted by Gasteiger charge is 2.22. The summed E-state index contributed by atoms with van der Waals surface area (Å²) in [5, 5.41) is 15.1. The van der Waals surface area contributed by atoms with Crippen molar-refractivity contribution in [2.24, 2.45) is 0 Å². The highest BCUT2D eigenvalue weighted by atomic mass is 16.5. The Hall–Kier alpha value is -4.88. The van der Waals surface area contributed by atoms with E-state index in [1.165, 1.54) is 75.8 Å². The van der Waals surface area contributed by atoms with Crippen LogP contribution in [0.1, 0.15) is 0 Å². The SMILES string of the molecule is c1ccc2c(-c3ccc4c5c3ccc3ccc6cccc(c6c35)O4)c3ccc4ccccc4c3cc2c1.